The summed E-state index contributed by atoms with van der Waals surface area (Å²) in [6.07, 6.45) is -9.68. The number of nitrogens with zero attached hydrogens (tertiary/aromatic N) is 1. The van der Waals surface area contributed by atoms with Crippen molar-refractivity contribution in [3.05, 3.63) is 23.8 Å². The van der Waals surface area contributed by atoms with Crippen molar-refractivity contribution in [3.63, 3.8) is 0 Å². The van der Waals surface area contributed by atoms with Crippen LogP contribution in [0.4, 0.5) is 26.3 Å². The third-order valence-electron chi connectivity index (χ3n) is 3.92. The Labute approximate surface area is 156 Å². The minimum atomic E-state index is -5.19. The number of esters is 1. The topological polar surface area (TPSA) is 72.9 Å². The normalized spacial score (nSPS) is 18.9. The summed E-state index contributed by atoms with van der Waals surface area (Å²) in [4.78, 5) is 10.6. The monoisotopic (exact) mass is 435 g/mol. The maximum absolute atomic E-state index is 13.4. The number of methoxy groups -OCH3 is 1. The van der Waals surface area contributed by atoms with Crippen molar-refractivity contribution in [3.8, 4) is 5.75 Å². The molecule has 1 aromatic carbocycles. The fraction of sp³-hybridized carbons (Fsp3) is 0.533. The smallest absolute Gasteiger partial charge is 0.422 e. The lowest BCUT2D eigenvalue weighted by molar-refractivity contribution is -0.153. The van der Waals surface area contributed by atoms with Crippen molar-refractivity contribution in [2.45, 2.75) is 36.1 Å². The molecule has 0 spiro atoms. The van der Waals surface area contributed by atoms with Gasteiger partial charge in [-0.25, -0.2) is 8.42 Å². The average molecular weight is 435 g/mol. The first-order chi connectivity index (χ1) is 12.8. The molecule has 13 heteroatoms. The zero-order valence-electron chi connectivity index (χ0n) is 14.3. The van der Waals surface area contributed by atoms with E-state index in [2.05, 4.69) is 9.47 Å². The van der Waals surface area contributed by atoms with Crippen LogP contribution in [0.15, 0.2) is 23.1 Å². The van der Waals surface area contributed by atoms with E-state index in [1.54, 1.807) is 0 Å². The Morgan fingerprint density at radius 2 is 1.86 bits per heavy atom. The van der Waals surface area contributed by atoms with Gasteiger partial charge in [-0.05, 0) is 31.0 Å². The molecular weight excluding hydrogens is 420 g/mol. The van der Waals surface area contributed by atoms with Gasteiger partial charge in [-0.1, -0.05) is 0 Å². The molecule has 158 valence electrons. The number of sulfonamides is 1. The van der Waals surface area contributed by atoms with Gasteiger partial charge in [0, 0.05) is 6.54 Å². The van der Waals surface area contributed by atoms with Gasteiger partial charge >= 0.3 is 18.3 Å². The molecule has 0 aromatic heterocycles. The van der Waals surface area contributed by atoms with Gasteiger partial charge in [0.15, 0.2) is 6.61 Å². The predicted molar refractivity (Wildman–Crippen MR) is 81.9 cm³/mol. The Morgan fingerprint density at radius 1 is 1.21 bits per heavy atom. The van der Waals surface area contributed by atoms with E-state index in [0.29, 0.717) is 16.4 Å². The van der Waals surface area contributed by atoms with Crippen LogP contribution in [-0.4, -0.2) is 51.2 Å². The molecule has 1 aliphatic heterocycles. The second-order valence-corrected chi connectivity index (χ2v) is 7.72. The molecule has 0 bridgehead atoms. The number of hydrogen-bond donors (Lipinski definition) is 0. The zero-order valence-corrected chi connectivity index (χ0v) is 15.1. The van der Waals surface area contributed by atoms with Crippen LogP contribution in [0.5, 0.6) is 5.75 Å². The van der Waals surface area contributed by atoms with Crippen LogP contribution in [0, 0.1) is 0 Å². The number of rotatable bonds is 5. The first kappa shape index (κ1) is 22.3. The fourth-order valence-electron chi connectivity index (χ4n) is 2.74. The molecular formula is C15H15F6NO5S. The molecule has 0 aliphatic carbocycles. The lowest BCUT2D eigenvalue weighted by Gasteiger charge is -2.24. The Morgan fingerprint density at radius 3 is 2.39 bits per heavy atom. The second-order valence-electron chi connectivity index (χ2n) is 5.86. The van der Waals surface area contributed by atoms with Gasteiger partial charge in [0.05, 0.1) is 17.6 Å². The molecule has 28 heavy (non-hydrogen) atoms. The summed E-state index contributed by atoms with van der Waals surface area (Å²) >= 11 is 0. The summed E-state index contributed by atoms with van der Waals surface area (Å²) in [5.74, 6) is -1.71. The molecule has 0 N–H and O–H groups in total. The highest BCUT2D eigenvalue weighted by molar-refractivity contribution is 7.89. The quantitative estimate of drug-likeness (QED) is 0.525. The van der Waals surface area contributed by atoms with Crippen molar-refractivity contribution < 1.29 is 49.0 Å². The molecule has 2 rings (SSSR count). The maximum Gasteiger partial charge on any atom is 0.422 e. The van der Waals surface area contributed by atoms with Gasteiger partial charge < -0.3 is 9.47 Å². The van der Waals surface area contributed by atoms with Gasteiger partial charge in [-0.2, -0.15) is 30.6 Å². The first-order valence-electron chi connectivity index (χ1n) is 7.78. The highest BCUT2D eigenvalue weighted by Crippen LogP contribution is 2.39. The van der Waals surface area contributed by atoms with E-state index in [9.17, 15) is 39.6 Å². The highest BCUT2D eigenvalue weighted by atomic mass is 32.2. The van der Waals surface area contributed by atoms with E-state index >= 15 is 0 Å². The summed E-state index contributed by atoms with van der Waals surface area (Å²) in [5, 5.41) is 0. The summed E-state index contributed by atoms with van der Waals surface area (Å²) < 4.78 is 112. The van der Waals surface area contributed by atoms with E-state index in [4.69, 9.17) is 0 Å². The van der Waals surface area contributed by atoms with Crippen LogP contribution in [-0.2, 0) is 25.7 Å². The molecule has 0 amide bonds. The molecule has 1 aromatic rings. The van der Waals surface area contributed by atoms with Gasteiger partial charge in [0.2, 0.25) is 10.0 Å². The molecule has 1 atom stereocenters. The van der Waals surface area contributed by atoms with Crippen LogP contribution in [0.3, 0.4) is 0 Å². The number of alkyl halides is 6. The van der Waals surface area contributed by atoms with Gasteiger partial charge in [0.25, 0.3) is 0 Å². The zero-order chi connectivity index (χ0) is 21.3. The van der Waals surface area contributed by atoms with Gasteiger partial charge in [-0.15, -0.1) is 0 Å². The molecule has 1 aliphatic rings. The fourth-order valence-corrected chi connectivity index (χ4v) is 4.58. The van der Waals surface area contributed by atoms with Crippen LogP contribution in [0.2, 0.25) is 0 Å². The van der Waals surface area contributed by atoms with Gasteiger partial charge in [-0.3, -0.25) is 4.79 Å². The number of ether oxygens (including phenoxy) is 2. The maximum atomic E-state index is 13.4. The van der Waals surface area contributed by atoms with Crippen molar-refractivity contribution in [2.75, 3.05) is 20.3 Å². The third kappa shape index (κ3) is 4.87. The third-order valence-corrected chi connectivity index (χ3v) is 5.89. The Kier molecular flexibility index (Phi) is 6.19. The summed E-state index contributed by atoms with van der Waals surface area (Å²) in [6.45, 7) is -2.04. The van der Waals surface area contributed by atoms with Crippen LogP contribution in [0.25, 0.3) is 0 Å². The second kappa shape index (κ2) is 7.78. The standard InChI is InChI=1S/C15H15F6NO5S/c1-26-13(23)11-3-2-6-22(11)28(24,25)12-5-4-9(27-8-14(16,17)18)7-10(12)15(19,20)21/h4-5,7,11H,2-3,6,8H2,1H3. The van der Waals surface area contributed by atoms with Crippen LogP contribution in [0.1, 0.15) is 18.4 Å². The van der Waals surface area contributed by atoms with Crippen molar-refractivity contribution in [2.24, 2.45) is 0 Å². The van der Waals surface area contributed by atoms with E-state index in [1.807, 2.05) is 0 Å². The minimum Gasteiger partial charge on any atom is -0.484 e. The molecule has 1 saturated heterocycles. The lowest BCUT2D eigenvalue weighted by atomic mass is 10.2. The molecule has 0 saturated carbocycles. The predicted octanol–water partition coefficient (Wildman–Crippen LogP) is 2.97. The summed E-state index contributed by atoms with van der Waals surface area (Å²) in [6, 6.07) is 0.104. The Bertz CT molecular complexity index is 836. The number of benzene rings is 1. The van der Waals surface area contributed by atoms with Crippen LogP contribution >= 0.6 is 0 Å². The SMILES string of the molecule is COC(=O)C1CCCN1S(=O)(=O)c1ccc(OCC(F)(F)F)cc1C(F)(F)F. The number of hydrogen-bond acceptors (Lipinski definition) is 5. The van der Waals surface area contributed by atoms with E-state index in [-0.39, 0.29) is 25.5 Å². The largest absolute Gasteiger partial charge is 0.484 e. The molecule has 1 unspecified atom stereocenters. The highest BCUT2D eigenvalue weighted by Gasteiger charge is 2.45. The average Bonchev–Trinajstić information content (AvgIpc) is 3.08. The summed E-state index contributed by atoms with van der Waals surface area (Å²) in [5.41, 5.74) is -1.69. The number of carbonyl (C=O) groups excluding carboxylic acids is 1. The Hall–Kier alpha value is -2.02. The van der Waals surface area contributed by atoms with Crippen molar-refractivity contribution in [1.29, 1.82) is 0 Å². The van der Waals surface area contributed by atoms with E-state index < -0.39 is 57.2 Å². The van der Waals surface area contributed by atoms with E-state index in [0.717, 1.165) is 7.11 Å². The molecule has 0 radical (unpaired) electrons. The van der Waals surface area contributed by atoms with Crippen molar-refractivity contribution >= 4 is 16.0 Å². The molecule has 1 fully saturated rings. The minimum absolute atomic E-state index is 0.0695. The number of halogens is 6. The first-order valence-corrected chi connectivity index (χ1v) is 9.22. The number of carbonyl (C=O) groups is 1. The molecule has 6 nitrogen and oxygen atoms in total. The Balaban J connectivity index is 2.47. The summed E-state index contributed by atoms with van der Waals surface area (Å²) in [7, 11) is -3.77. The van der Waals surface area contributed by atoms with E-state index in [1.165, 1.54) is 0 Å². The lowest BCUT2D eigenvalue weighted by Crippen LogP contribution is -2.41. The molecule has 1 heterocycles. The van der Waals surface area contributed by atoms with Crippen LogP contribution < -0.4 is 4.74 Å². The van der Waals surface area contributed by atoms with Gasteiger partial charge in [0.1, 0.15) is 11.8 Å². The van der Waals surface area contributed by atoms with Crippen molar-refractivity contribution in [1.82, 2.24) is 4.31 Å².